The van der Waals surface area contributed by atoms with E-state index in [1.807, 2.05) is 0 Å². The Morgan fingerprint density at radius 2 is 1.89 bits per heavy atom. The summed E-state index contributed by atoms with van der Waals surface area (Å²) in [5.74, 6) is -2.26. The molecule has 2 amide bonds. The molecule has 1 atom stereocenters. The number of pyridine rings is 1. The number of nitrogens with one attached hydrogen (secondary N) is 2. The normalized spacial score (nSPS) is 11.7. The van der Waals surface area contributed by atoms with Gasteiger partial charge in [0, 0.05) is 29.4 Å². The Bertz CT molecular complexity index is 823. The molecule has 0 aliphatic rings. The molecule has 0 unspecified atom stereocenters. The minimum atomic E-state index is -1.17. The van der Waals surface area contributed by atoms with E-state index < -0.39 is 30.4 Å². The van der Waals surface area contributed by atoms with Gasteiger partial charge in [0.15, 0.2) is 0 Å². The van der Waals surface area contributed by atoms with Crippen molar-refractivity contribution < 1.29 is 19.5 Å². The summed E-state index contributed by atoms with van der Waals surface area (Å²) in [4.78, 5) is 39.2. The van der Waals surface area contributed by atoms with Crippen LogP contribution in [0.25, 0.3) is 6.08 Å². The number of hydrogen-bond donors (Lipinski definition) is 3. The second-order valence-electron chi connectivity index (χ2n) is 5.58. The van der Waals surface area contributed by atoms with Crippen LogP contribution in [0.5, 0.6) is 0 Å². The Kier molecular flexibility index (Phi) is 7.51. The molecule has 7 nitrogen and oxygen atoms in total. The summed E-state index contributed by atoms with van der Waals surface area (Å²) in [6.07, 6.45) is 4.58. The van der Waals surface area contributed by atoms with Gasteiger partial charge in [0.25, 0.3) is 0 Å². The van der Waals surface area contributed by atoms with E-state index in [-0.39, 0.29) is 6.42 Å². The van der Waals surface area contributed by atoms with E-state index in [1.54, 1.807) is 54.7 Å². The summed E-state index contributed by atoms with van der Waals surface area (Å²) in [5.41, 5.74) is 1.36. The van der Waals surface area contributed by atoms with Crippen LogP contribution in [0.3, 0.4) is 0 Å². The SMILES string of the molecule is O=C(O)CNC(=O)[C@H](Cc1ccccn1)NC(=O)C=Cc1ccc(Cl)cc1. The van der Waals surface area contributed by atoms with E-state index in [9.17, 15) is 14.4 Å². The smallest absolute Gasteiger partial charge is 0.322 e. The molecule has 1 heterocycles. The van der Waals surface area contributed by atoms with Crippen molar-refractivity contribution in [2.75, 3.05) is 6.54 Å². The second kappa shape index (κ2) is 10.1. The standard InChI is InChI=1S/C19H18ClN3O4/c20-14-7-4-13(5-8-14)6-9-17(24)23-16(19(27)22-12-18(25)26)11-15-3-1-2-10-21-15/h1-10,16H,11-12H2,(H,22,27)(H,23,24)(H,25,26)/t16-/m0/s1. The van der Waals surface area contributed by atoms with Crippen LogP contribution >= 0.6 is 11.6 Å². The summed E-state index contributed by atoms with van der Waals surface area (Å²) >= 11 is 5.81. The fraction of sp³-hybridized carbons (Fsp3) is 0.158. The van der Waals surface area contributed by atoms with Gasteiger partial charge in [0.05, 0.1) is 0 Å². The van der Waals surface area contributed by atoms with Crippen molar-refractivity contribution in [2.24, 2.45) is 0 Å². The average Bonchev–Trinajstić information content (AvgIpc) is 2.66. The topological polar surface area (TPSA) is 108 Å². The number of carbonyl (C=O) groups is 3. The van der Waals surface area contributed by atoms with Crippen molar-refractivity contribution in [1.82, 2.24) is 15.6 Å². The lowest BCUT2D eigenvalue weighted by Gasteiger charge is -2.16. The Morgan fingerprint density at radius 1 is 1.15 bits per heavy atom. The van der Waals surface area contributed by atoms with Crippen molar-refractivity contribution in [3.8, 4) is 0 Å². The lowest BCUT2D eigenvalue weighted by Crippen LogP contribution is -2.48. The quantitative estimate of drug-likeness (QED) is 0.597. The monoisotopic (exact) mass is 387 g/mol. The van der Waals surface area contributed by atoms with Crippen LogP contribution in [0, 0.1) is 0 Å². The summed E-state index contributed by atoms with van der Waals surface area (Å²) in [6.45, 7) is -0.534. The first kappa shape index (κ1) is 20.1. The number of amides is 2. The molecule has 2 rings (SSSR count). The number of aliphatic carboxylic acids is 1. The third kappa shape index (κ3) is 7.29. The highest BCUT2D eigenvalue weighted by Crippen LogP contribution is 2.10. The van der Waals surface area contributed by atoms with E-state index in [1.165, 1.54) is 6.08 Å². The van der Waals surface area contributed by atoms with Crippen molar-refractivity contribution in [1.29, 1.82) is 0 Å². The van der Waals surface area contributed by atoms with E-state index in [0.29, 0.717) is 10.7 Å². The highest BCUT2D eigenvalue weighted by molar-refractivity contribution is 6.30. The second-order valence-corrected chi connectivity index (χ2v) is 6.02. The summed E-state index contributed by atoms with van der Waals surface area (Å²) < 4.78 is 0. The number of carboxylic acids is 1. The van der Waals surface area contributed by atoms with Gasteiger partial charge >= 0.3 is 5.97 Å². The zero-order valence-electron chi connectivity index (χ0n) is 14.3. The predicted molar refractivity (Wildman–Crippen MR) is 101 cm³/mol. The highest BCUT2D eigenvalue weighted by Gasteiger charge is 2.21. The maximum Gasteiger partial charge on any atom is 0.322 e. The van der Waals surface area contributed by atoms with Crippen molar-refractivity contribution in [3.05, 3.63) is 71.0 Å². The van der Waals surface area contributed by atoms with Crippen LogP contribution in [0.4, 0.5) is 0 Å². The van der Waals surface area contributed by atoms with Crippen LogP contribution in [-0.2, 0) is 20.8 Å². The molecule has 0 spiro atoms. The van der Waals surface area contributed by atoms with Crippen LogP contribution in [0.1, 0.15) is 11.3 Å². The molecule has 3 N–H and O–H groups in total. The first-order valence-corrected chi connectivity index (χ1v) is 8.45. The number of rotatable bonds is 8. The van der Waals surface area contributed by atoms with Gasteiger partial charge < -0.3 is 15.7 Å². The maximum atomic E-state index is 12.2. The molecule has 0 aliphatic heterocycles. The molecule has 0 aliphatic carbocycles. The van der Waals surface area contributed by atoms with Gasteiger partial charge in [-0.2, -0.15) is 0 Å². The molecule has 0 fully saturated rings. The Morgan fingerprint density at radius 3 is 2.52 bits per heavy atom. The van der Waals surface area contributed by atoms with Crippen LogP contribution in [0.2, 0.25) is 5.02 Å². The molecule has 27 heavy (non-hydrogen) atoms. The van der Waals surface area contributed by atoms with Crippen LogP contribution in [-0.4, -0.2) is 40.5 Å². The van der Waals surface area contributed by atoms with Gasteiger partial charge in [-0.15, -0.1) is 0 Å². The van der Waals surface area contributed by atoms with Gasteiger partial charge in [-0.1, -0.05) is 29.8 Å². The van der Waals surface area contributed by atoms with E-state index in [4.69, 9.17) is 16.7 Å². The molecule has 8 heteroatoms. The number of halogens is 1. The van der Waals surface area contributed by atoms with E-state index in [0.717, 1.165) is 5.56 Å². The third-order valence-electron chi connectivity index (χ3n) is 3.48. The first-order valence-electron chi connectivity index (χ1n) is 8.07. The lowest BCUT2D eigenvalue weighted by molar-refractivity contribution is -0.138. The molecule has 140 valence electrons. The fourth-order valence-corrected chi connectivity index (χ4v) is 2.31. The Balaban J connectivity index is 2.04. The number of carbonyl (C=O) groups excluding carboxylic acids is 2. The van der Waals surface area contributed by atoms with Crippen molar-refractivity contribution in [2.45, 2.75) is 12.5 Å². The van der Waals surface area contributed by atoms with Gasteiger partial charge in [0.1, 0.15) is 12.6 Å². The molecule has 0 saturated carbocycles. The number of hydrogen-bond acceptors (Lipinski definition) is 4. The number of nitrogens with zero attached hydrogens (tertiary/aromatic N) is 1. The molecule has 0 saturated heterocycles. The molecular formula is C19H18ClN3O4. The zero-order chi connectivity index (χ0) is 19.6. The number of aromatic nitrogens is 1. The summed E-state index contributed by atoms with van der Waals surface area (Å²) in [7, 11) is 0. The summed E-state index contributed by atoms with van der Waals surface area (Å²) in [6, 6.07) is 11.1. The number of benzene rings is 1. The van der Waals surface area contributed by atoms with Gasteiger partial charge in [-0.25, -0.2) is 0 Å². The molecule has 1 aromatic heterocycles. The average molecular weight is 388 g/mol. The van der Waals surface area contributed by atoms with Gasteiger partial charge in [-0.05, 0) is 35.9 Å². The zero-order valence-corrected chi connectivity index (χ0v) is 15.0. The fourth-order valence-electron chi connectivity index (χ4n) is 2.19. The first-order chi connectivity index (χ1) is 12.9. The van der Waals surface area contributed by atoms with Crippen molar-refractivity contribution in [3.63, 3.8) is 0 Å². The third-order valence-corrected chi connectivity index (χ3v) is 3.74. The van der Waals surface area contributed by atoms with Gasteiger partial charge in [0.2, 0.25) is 11.8 Å². The van der Waals surface area contributed by atoms with Crippen molar-refractivity contribution >= 4 is 35.5 Å². The van der Waals surface area contributed by atoms with E-state index in [2.05, 4.69) is 15.6 Å². The predicted octanol–water partition coefficient (Wildman–Crippen LogP) is 1.68. The minimum absolute atomic E-state index is 0.132. The van der Waals surface area contributed by atoms with Crippen LogP contribution in [0.15, 0.2) is 54.7 Å². The van der Waals surface area contributed by atoms with Crippen LogP contribution < -0.4 is 10.6 Å². The lowest BCUT2D eigenvalue weighted by atomic mass is 10.1. The number of carboxylic acid groups (broad SMARTS) is 1. The molecule has 0 radical (unpaired) electrons. The van der Waals surface area contributed by atoms with E-state index >= 15 is 0 Å². The highest BCUT2D eigenvalue weighted by atomic mass is 35.5. The summed E-state index contributed by atoms with van der Waals surface area (Å²) in [5, 5.41) is 14.1. The minimum Gasteiger partial charge on any atom is -0.480 e. The van der Waals surface area contributed by atoms with Gasteiger partial charge in [-0.3, -0.25) is 19.4 Å². The molecule has 1 aromatic carbocycles. The Hall–Kier alpha value is -3.19. The molecule has 0 bridgehead atoms. The largest absolute Gasteiger partial charge is 0.480 e. The maximum absolute atomic E-state index is 12.2. The molecular weight excluding hydrogens is 370 g/mol. The Labute approximate surface area is 161 Å². The molecule has 2 aromatic rings.